The van der Waals surface area contributed by atoms with Crippen LogP contribution in [0.25, 0.3) is 0 Å². The van der Waals surface area contributed by atoms with Gasteiger partial charge in [-0.15, -0.1) is 0 Å². The van der Waals surface area contributed by atoms with Crippen LogP contribution in [0.5, 0.6) is 0 Å². The van der Waals surface area contributed by atoms with E-state index in [2.05, 4.69) is 0 Å². The Morgan fingerprint density at radius 2 is 2.00 bits per heavy atom. The molecular weight excluding hydrogens is 330 g/mol. The second-order valence-corrected chi connectivity index (χ2v) is 7.10. The van der Waals surface area contributed by atoms with Gasteiger partial charge in [0, 0.05) is 33.3 Å². The number of furan rings is 1. The lowest BCUT2D eigenvalue weighted by Gasteiger charge is -2.35. The average molecular weight is 357 g/mol. The Bertz CT molecular complexity index is 805. The summed E-state index contributed by atoms with van der Waals surface area (Å²) >= 11 is 0. The Kier molecular flexibility index (Phi) is 5.20. The van der Waals surface area contributed by atoms with Crippen molar-refractivity contribution in [1.29, 1.82) is 0 Å². The number of amides is 2. The molecule has 1 aliphatic rings. The van der Waals surface area contributed by atoms with E-state index in [0.29, 0.717) is 12.2 Å². The van der Waals surface area contributed by atoms with Crippen molar-refractivity contribution >= 4 is 11.8 Å². The van der Waals surface area contributed by atoms with Crippen LogP contribution in [0.15, 0.2) is 28.7 Å². The van der Waals surface area contributed by atoms with Gasteiger partial charge in [-0.25, -0.2) is 0 Å². The monoisotopic (exact) mass is 357 g/mol. The lowest BCUT2D eigenvalue weighted by atomic mass is 9.99. The lowest BCUT2D eigenvalue weighted by molar-refractivity contribution is -0.132. The van der Waals surface area contributed by atoms with Gasteiger partial charge in [-0.3, -0.25) is 9.59 Å². The summed E-state index contributed by atoms with van der Waals surface area (Å²) in [5.41, 5.74) is 1.64. The minimum atomic E-state index is -0.0574. The van der Waals surface area contributed by atoms with E-state index in [4.69, 9.17) is 4.42 Å². The SMILES string of the molecule is CC(=O)N1CCCC[C@@H]1c1ccc(C(=O)N(C)Cc2ccc(C)o2)n1C. The molecule has 6 heteroatoms. The molecule has 1 atom stereocenters. The zero-order chi connectivity index (χ0) is 18.8. The van der Waals surface area contributed by atoms with E-state index >= 15 is 0 Å². The van der Waals surface area contributed by atoms with Crippen molar-refractivity contribution in [1.82, 2.24) is 14.4 Å². The van der Waals surface area contributed by atoms with Crippen LogP contribution in [0.2, 0.25) is 0 Å². The molecule has 0 radical (unpaired) electrons. The van der Waals surface area contributed by atoms with Crippen LogP contribution in [-0.2, 0) is 18.4 Å². The van der Waals surface area contributed by atoms with E-state index in [1.165, 1.54) is 0 Å². The van der Waals surface area contributed by atoms with Gasteiger partial charge in [0.05, 0.1) is 12.6 Å². The van der Waals surface area contributed by atoms with Crippen molar-refractivity contribution in [3.05, 3.63) is 47.2 Å². The van der Waals surface area contributed by atoms with Gasteiger partial charge in [-0.05, 0) is 50.5 Å². The largest absolute Gasteiger partial charge is 0.464 e. The van der Waals surface area contributed by atoms with E-state index in [1.54, 1.807) is 18.9 Å². The molecule has 2 aromatic heterocycles. The Labute approximate surface area is 154 Å². The van der Waals surface area contributed by atoms with E-state index in [1.807, 2.05) is 47.7 Å². The summed E-state index contributed by atoms with van der Waals surface area (Å²) in [7, 11) is 3.68. The summed E-state index contributed by atoms with van der Waals surface area (Å²) in [6.07, 6.45) is 3.07. The van der Waals surface area contributed by atoms with Crippen molar-refractivity contribution in [2.45, 2.75) is 45.7 Å². The molecule has 6 nitrogen and oxygen atoms in total. The van der Waals surface area contributed by atoms with E-state index in [-0.39, 0.29) is 17.9 Å². The number of aromatic nitrogens is 1. The normalized spacial score (nSPS) is 17.4. The van der Waals surface area contributed by atoms with E-state index < -0.39 is 0 Å². The molecule has 0 spiro atoms. The number of piperidine rings is 1. The van der Waals surface area contributed by atoms with Gasteiger partial charge in [0.25, 0.3) is 5.91 Å². The smallest absolute Gasteiger partial charge is 0.270 e. The minimum Gasteiger partial charge on any atom is -0.464 e. The van der Waals surface area contributed by atoms with Gasteiger partial charge in [0.15, 0.2) is 0 Å². The Hall–Kier alpha value is -2.50. The first kappa shape index (κ1) is 18.3. The molecule has 0 aliphatic carbocycles. The molecule has 0 N–H and O–H groups in total. The maximum Gasteiger partial charge on any atom is 0.270 e. The molecule has 1 aliphatic heterocycles. The highest BCUT2D eigenvalue weighted by molar-refractivity contribution is 5.92. The first-order valence-electron chi connectivity index (χ1n) is 9.12. The zero-order valence-corrected chi connectivity index (χ0v) is 16.0. The molecule has 3 rings (SSSR count). The van der Waals surface area contributed by atoms with Crippen molar-refractivity contribution in [3.63, 3.8) is 0 Å². The summed E-state index contributed by atoms with van der Waals surface area (Å²) in [6.45, 7) is 4.72. The lowest BCUT2D eigenvalue weighted by Crippen LogP contribution is -2.38. The van der Waals surface area contributed by atoms with Crippen molar-refractivity contribution < 1.29 is 14.0 Å². The number of hydrogen-bond donors (Lipinski definition) is 0. The fourth-order valence-electron chi connectivity index (χ4n) is 3.76. The van der Waals surface area contributed by atoms with Gasteiger partial charge in [0.1, 0.15) is 17.2 Å². The Morgan fingerprint density at radius 1 is 1.23 bits per heavy atom. The third-order valence-corrected chi connectivity index (χ3v) is 5.16. The molecule has 0 aromatic carbocycles. The third-order valence-electron chi connectivity index (χ3n) is 5.16. The predicted molar refractivity (Wildman–Crippen MR) is 98.6 cm³/mol. The number of nitrogens with zero attached hydrogens (tertiary/aromatic N) is 3. The van der Waals surface area contributed by atoms with Crippen LogP contribution in [0, 0.1) is 6.92 Å². The van der Waals surface area contributed by atoms with Crippen molar-refractivity contribution in [2.75, 3.05) is 13.6 Å². The van der Waals surface area contributed by atoms with Crippen LogP contribution < -0.4 is 0 Å². The van der Waals surface area contributed by atoms with E-state index in [9.17, 15) is 9.59 Å². The predicted octanol–water partition coefficient (Wildman–Crippen LogP) is 3.27. The molecule has 2 amide bonds. The van der Waals surface area contributed by atoms with Crippen LogP contribution >= 0.6 is 0 Å². The first-order chi connectivity index (χ1) is 12.4. The summed E-state index contributed by atoms with van der Waals surface area (Å²) in [5, 5.41) is 0. The number of likely N-dealkylation sites (tertiary alicyclic amines) is 1. The summed E-state index contributed by atoms with van der Waals surface area (Å²) < 4.78 is 7.50. The molecule has 0 bridgehead atoms. The third kappa shape index (κ3) is 3.54. The number of aryl methyl sites for hydroxylation is 1. The Balaban J connectivity index is 1.79. The van der Waals surface area contributed by atoms with Crippen LogP contribution in [0.1, 0.15) is 59.9 Å². The standard InChI is InChI=1S/C20H27N3O3/c1-14-8-9-16(26-14)13-21(3)20(25)19-11-10-17(22(19)4)18-7-5-6-12-23(18)15(2)24/h8-11,18H,5-7,12-13H2,1-4H3/t18-/m1/s1. The van der Waals surface area contributed by atoms with Crippen molar-refractivity contribution in [2.24, 2.45) is 7.05 Å². The van der Waals surface area contributed by atoms with Crippen molar-refractivity contribution in [3.8, 4) is 0 Å². The number of rotatable bonds is 4. The second kappa shape index (κ2) is 7.40. The first-order valence-corrected chi connectivity index (χ1v) is 9.12. The Morgan fingerprint density at radius 3 is 2.65 bits per heavy atom. The second-order valence-electron chi connectivity index (χ2n) is 7.10. The molecular formula is C20H27N3O3. The quantitative estimate of drug-likeness (QED) is 0.844. The van der Waals surface area contributed by atoms with Gasteiger partial charge in [-0.2, -0.15) is 0 Å². The van der Waals surface area contributed by atoms with Crippen LogP contribution in [0.3, 0.4) is 0 Å². The minimum absolute atomic E-state index is 0.0471. The highest BCUT2D eigenvalue weighted by Crippen LogP contribution is 2.32. The van der Waals surface area contributed by atoms with Gasteiger partial charge < -0.3 is 18.8 Å². The highest BCUT2D eigenvalue weighted by atomic mass is 16.3. The maximum absolute atomic E-state index is 12.9. The van der Waals surface area contributed by atoms with Crippen LogP contribution in [-0.4, -0.2) is 39.8 Å². The molecule has 26 heavy (non-hydrogen) atoms. The molecule has 1 saturated heterocycles. The number of hydrogen-bond acceptors (Lipinski definition) is 3. The maximum atomic E-state index is 12.9. The fourth-order valence-corrected chi connectivity index (χ4v) is 3.76. The van der Waals surface area contributed by atoms with Crippen LogP contribution in [0.4, 0.5) is 0 Å². The summed E-state index contributed by atoms with van der Waals surface area (Å²) in [5.74, 6) is 1.64. The summed E-state index contributed by atoms with van der Waals surface area (Å²) in [6, 6.07) is 7.67. The zero-order valence-electron chi connectivity index (χ0n) is 16.0. The molecule has 3 heterocycles. The summed E-state index contributed by atoms with van der Waals surface area (Å²) in [4.78, 5) is 28.4. The van der Waals surface area contributed by atoms with E-state index in [0.717, 1.165) is 43.0 Å². The molecule has 2 aromatic rings. The average Bonchev–Trinajstić information content (AvgIpc) is 3.19. The fraction of sp³-hybridized carbons (Fsp3) is 0.500. The van der Waals surface area contributed by atoms with Gasteiger partial charge in [-0.1, -0.05) is 0 Å². The topological polar surface area (TPSA) is 58.7 Å². The van der Waals surface area contributed by atoms with Gasteiger partial charge >= 0.3 is 0 Å². The molecule has 140 valence electrons. The number of carbonyl (C=O) groups is 2. The molecule has 0 saturated carbocycles. The molecule has 0 unspecified atom stereocenters. The van der Waals surface area contributed by atoms with Gasteiger partial charge in [0.2, 0.25) is 5.91 Å². The highest BCUT2D eigenvalue weighted by Gasteiger charge is 2.29. The number of carbonyl (C=O) groups excluding carboxylic acids is 2. The molecule has 1 fully saturated rings.